The maximum absolute atomic E-state index is 6.33. The highest BCUT2D eigenvalue weighted by Gasteiger charge is 2.14. The molecular weight excluding hydrogens is 390 g/mol. The summed E-state index contributed by atoms with van der Waals surface area (Å²) in [5.41, 5.74) is 4.00. The minimum atomic E-state index is 0.390. The SMILES string of the molecule is ClCc1cccc(COc2ccc3ccccc3c2-c2cccc3ccccc23)n1. The van der Waals surface area contributed by atoms with Crippen LogP contribution in [0.25, 0.3) is 32.7 Å². The van der Waals surface area contributed by atoms with Crippen LogP contribution in [0.15, 0.2) is 97.1 Å². The number of fused-ring (bicyclic) bond motifs is 2. The summed E-state index contributed by atoms with van der Waals surface area (Å²) in [4.78, 5) is 4.56. The maximum Gasteiger partial charge on any atom is 0.130 e. The van der Waals surface area contributed by atoms with E-state index in [2.05, 4.69) is 83.8 Å². The van der Waals surface area contributed by atoms with Crippen molar-refractivity contribution in [2.24, 2.45) is 0 Å². The first-order valence-corrected chi connectivity index (χ1v) is 10.5. The average Bonchev–Trinajstić information content (AvgIpc) is 2.82. The van der Waals surface area contributed by atoms with Crippen LogP contribution >= 0.6 is 11.6 Å². The van der Waals surface area contributed by atoms with E-state index in [1.165, 1.54) is 27.1 Å². The number of benzene rings is 4. The highest BCUT2D eigenvalue weighted by Crippen LogP contribution is 2.40. The molecule has 0 amide bonds. The highest BCUT2D eigenvalue weighted by molar-refractivity contribution is 6.16. The lowest BCUT2D eigenvalue weighted by Crippen LogP contribution is -2.01. The summed E-state index contributed by atoms with van der Waals surface area (Å²) in [6.07, 6.45) is 0. The summed E-state index contributed by atoms with van der Waals surface area (Å²) in [6, 6.07) is 33.4. The van der Waals surface area contributed by atoms with Crippen molar-refractivity contribution in [3.05, 3.63) is 108 Å². The minimum Gasteiger partial charge on any atom is -0.487 e. The lowest BCUT2D eigenvalue weighted by molar-refractivity contribution is 0.303. The maximum atomic E-state index is 6.33. The Balaban J connectivity index is 1.65. The third-order valence-electron chi connectivity index (χ3n) is 5.33. The summed E-state index contributed by atoms with van der Waals surface area (Å²) in [6.45, 7) is 0.390. The molecule has 0 unspecified atom stereocenters. The molecule has 0 N–H and O–H groups in total. The Morgan fingerprint density at radius 1 is 0.633 bits per heavy atom. The van der Waals surface area contributed by atoms with E-state index in [1.54, 1.807) is 0 Å². The summed E-state index contributed by atoms with van der Waals surface area (Å²) in [5.74, 6) is 1.24. The lowest BCUT2D eigenvalue weighted by Gasteiger charge is -2.16. The van der Waals surface area contributed by atoms with E-state index in [9.17, 15) is 0 Å². The molecule has 0 aliphatic rings. The number of ether oxygens (including phenoxy) is 1. The first-order chi connectivity index (χ1) is 14.8. The summed E-state index contributed by atoms with van der Waals surface area (Å²) in [5, 5.41) is 4.79. The smallest absolute Gasteiger partial charge is 0.130 e. The molecule has 0 saturated carbocycles. The van der Waals surface area contributed by atoms with Crippen molar-refractivity contribution in [2.75, 3.05) is 0 Å². The second kappa shape index (κ2) is 8.17. The fourth-order valence-corrected chi connectivity index (χ4v) is 4.08. The number of hydrogen-bond donors (Lipinski definition) is 0. The van der Waals surface area contributed by atoms with Gasteiger partial charge < -0.3 is 4.74 Å². The number of rotatable bonds is 5. The van der Waals surface area contributed by atoms with Crippen molar-refractivity contribution in [1.82, 2.24) is 4.98 Å². The van der Waals surface area contributed by atoms with Gasteiger partial charge in [0.05, 0.1) is 17.3 Å². The molecular formula is C27H20ClNO. The van der Waals surface area contributed by atoms with E-state index < -0.39 is 0 Å². The second-order valence-electron chi connectivity index (χ2n) is 7.23. The van der Waals surface area contributed by atoms with Crippen LogP contribution in [0.5, 0.6) is 5.75 Å². The Hall–Kier alpha value is -3.36. The Morgan fingerprint density at radius 2 is 1.30 bits per heavy atom. The molecule has 30 heavy (non-hydrogen) atoms. The van der Waals surface area contributed by atoms with E-state index in [1.807, 2.05) is 18.2 Å². The zero-order valence-corrected chi connectivity index (χ0v) is 17.1. The van der Waals surface area contributed by atoms with Crippen molar-refractivity contribution in [2.45, 2.75) is 12.5 Å². The third kappa shape index (κ3) is 3.51. The monoisotopic (exact) mass is 409 g/mol. The van der Waals surface area contributed by atoms with Gasteiger partial charge in [-0.3, -0.25) is 4.98 Å². The summed E-state index contributed by atoms with van der Waals surface area (Å²) >= 11 is 5.94. The van der Waals surface area contributed by atoms with Crippen LogP contribution in [0.2, 0.25) is 0 Å². The van der Waals surface area contributed by atoms with Crippen LogP contribution in [0.4, 0.5) is 0 Å². The Morgan fingerprint density at radius 3 is 2.13 bits per heavy atom. The van der Waals surface area contributed by atoms with Crippen molar-refractivity contribution < 1.29 is 4.74 Å². The quantitative estimate of drug-likeness (QED) is 0.282. The van der Waals surface area contributed by atoms with Crippen molar-refractivity contribution in [1.29, 1.82) is 0 Å². The molecule has 4 aromatic carbocycles. The van der Waals surface area contributed by atoms with Gasteiger partial charge in [-0.2, -0.15) is 0 Å². The van der Waals surface area contributed by atoms with E-state index in [4.69, 9.17) is 16.3 Å². The Kier molecular flexibility index (Phi) is 5.08. The van der Waals surface area contributed by atoms with Crippen LogP contribution in [-0.2, 0) is 12.5 Å². The zero-order chi connectivity index (χ0) is 20.3. The van der Waals surface area contributed by atoms with Crippen molar-refractivity contribution >= 4 is 33.1 Å². The van der Waals surface area contributed by atoms with Gasteiger partial charge in [0, 0.05) is 5.56 Å². The molecule has 0 aliphatic carbocycles. The van der Waals surface area contributed by atoms with Gasteiger partial charge in [-0.25, -0.2) is 0 Å². The lowest BCUT2D eigenvalue weighted by atomic mass is 9.93. The molecule has 146 valence electrons. The van der Waals surface area contributed by atoms with E-state index >= 15 is 0 Å². The van der Waals surface area contributed by atoms with Gasteiger partial charge in [0.1, 0.15) is 12.4 Å². The third-order valence-corrected chi connectivity index (χ3v) is 5.60. The number of alkyl halides is 1. The summed E-state index contributed by atoms with van der Waals surface area (Å²) < 4.78 is 6.33. The van der Waals surface area contributed by atoms with Crippen LogP contribution in [-0.4, -0.2) is 4.98 Å². The molecule has 1 heterocycles. The van der Waals surface area contributed by atoms with E-state index in [0.29, 0.717) is 12.5 Å². The standard InChI is InChI=1S/C27H20ClNO/c28-17-21-10-6-11-22(29-21)18-30-26-16-15-20-8-2-4-13-24(20)27(26)25-14-5-9-19-7-1-3-12-23(19)25/h1-16H,17-18H2. The average molecular weight is 410 g/mol. The fraction of sp³-hybridized carbons (Fsp3) is 0.0741. The van der Waals surface area contributed by atoms with Crippen molar-refractivity contribution in [3.63, 3.8) is 0 Å². The van der Waals surface area contributed by atoms with Gasteiger partial charge in [0.25, 0.3) is 0 Å². The first-order valence-electron chi connectivity index (χ1n) is 9.97. The van der Waals surface area contributed by atoms with Gasteiger partial charge in [-0.1, -0.05) is 78.9 Å². The van der Waals surface area contributed by atoms with E-state index in [0.717, 1.165) is 22.7 Å². The zero-order valence-electron chi connectivity index (χ0n) is 16.4. The highest BCUT2D eigenvalue weighted by atomic mass is 35.5. The number of nitrogens with zero attached hydrogens (tertiary/aromatic N) is 1. The predicted octanol–water partition coefficient (Wildman–Crippen LogP) is 7.37. The molecule has 2 nitrogen and oxygen atoms in total. The van der Waals surface area contributed by atoms with Gasteiger partial charge in [-0.05, 0) is 45.3 Å². The van der Waals surface area contributed by atoms with Gasteiger partial charge >= 0.3 is 0 Å². The molecule has 0 spiro atoms. The molecule has 5 rings (SSSR count). The van der Waals surface area contributed by atoms with Gasteiger partial charge in [0.15, 0.2) is 0 Å². The second-order valence-corrected chi connectivity index (χ2v) is 7.50. The topological polar surface area (TPSA) is 22.1 Å². The number of pyridine rings is 1. The predicted molar refractivity (Wildman–Crippen MR) is 125 cm³/mol. The normalized spacial score (nSPS) is 11.1. The van der Waals surface area contributed by atoms with Crippen LogP contribution in [0.1, 0.15) is 11.4 Å². The Bertz CT molecular complexity index is 1340. The molecule has 5 aromatic rings. The minimum absolute atomic E-state index is 0.390. The molecule has 1 aromatic heterocycles. The molecule has 0 atom stereocenters. The van der Waals surface area contributed by atoms with Crippen molar-refractivity contribution in [3.8, 4) is 16.9 Å². The van der Waals surface area contributed by atoms with Gasteiger partial charge in [-0.15, -0.1) is 11.6 Å². The summed E-state index contributed by atoms with van der Waals surface area (Å²) in [7, 11) is 0. The van der Waals surface area contributed by atoms with E-state index in [-0.39, 0.29) is 0 Å². The van der Waals surface area contributed by atoms with Crippen LogP contribution < -0.4 is 4.74 Å². The number of halogens is 1. The van der Waals surface area contributed by atoms with Crippen LogP contribution in [0.3, 0.4) is 0 Å². The fourth-order valence-electron chi connectivity index (χ4n) is 3.93. The molecule has 3 heteroatoms. The number of aromatic nitrogens is 1. The molecule has 0 saturated heterocycles. The molecule has 0 radical (unpaired) electrons. The first kappa shape index (κ1) is 18.7. The Labute approximate surface area is 180 Å². The van der Waals surface area contributed by atoms with Crippen LogP contribution in [0, 0.1) is 0 Å². The molecule has 0 fully saturated rings. The van der Waals surface area contributed by atoms with Gasteiger partial charge in [0.2, 0.25) is 0 Å². The largest absolute Gasteiger partial charge is 0.487 e. The molecule has 0 aliphatic heterocycles. The molecule has 0 bridgehead atoms. The number of hydrogen-bond acceptors (Lipinski definition) is 2.